The molecule has 0 saturated heterocycles. The smallest absolute Gasteiger partial charge is 0.338 e. The minimum absolute atomic E-state index is 0.372. The van der Waals surface area contributed by atoms with Gasteiger partial charge in [0.25, 0.3) is 0 Å². The molecule has 33 heavy (non-hydrogen) atoms. The third-order valence-electron chi connectivity index (χ3n) is 5.49. The van der Waals surface area contributed by atoms with Gasteiger partial charge in [-0.15, -0.1) is 0 Å². The zero-order valence-corrected chi connectivity index (χ0v) is 19.1. The van der Waals surface area contributed by atoms with E-state index in [1.54, 1.807) is 11.8 Å². The van der Waals surface area contributed by atoms with E-state index in [0.29, 0.717) is 41.9 Å². The van der Waals surface area contributed by atoms with Gasteiger partial charge >= 0.3 is 5.97 Å². The number of hydrogen-bond donors (Lipinski definition) is 1. The quantitative estimate of drug-likeness (QED) is 0.381. The molecule has 0 bridgehead atoms. The van der Waals surface area contributed by atoms with Gasteiger partial charge in [0.05, 0.1) is 19.3 Å². The van der Waals surface area contributed by atoms with Crippen LogP contribution in [0.15, 0.2) is 66.1 Å². The topological polar surface area (TPSA) is 87.5 Å². The lowest BCUT2D eigenvalue weighted by Crippen LogP contribution is -2.29. The van der Waals surface area contributed by atoms with Crippen molar-refractivity contribution >= 4 is 11.9 Å². The van der Waals surface area contributed by atoms with Gasteiger partial charge < -0.3 is 19.5 Å². The first-order valence-corrected chi connectivity index (χ1v) is 11.0. The van der Waals surface area contributed by atoms with E-state index in [1.807, 2.05) is 55.5 Å². The van der Waals surface area contributed by atoms with Crippen molar-refractivity contribution < 1.29 is 19.0 Å². The SMILES string of the molecule is CCCCOC(=O)C1=C(C)Nc2ncnn2C1c1ccc(OCc2ccccc2)c(OC)c1. The molecule has 1 aromatic heterocycles. The zero-order valence-electron chi connectivity index (χ0n) is 19.1. The fourth-order valence-electron chi connectivity index (χ4n) is 3.76. The molecule has 3 aromatic rings. The van der Waals surface area contributed by atoms with Gasteiger partial charge in [-0.25, -0.2) is 9.48 Å². The van der Waals surface area contributed by atoms with Crippen molar-refractivity contribution in [1.82, 2.24) is 14.8 Å². The van der Waals surface area contributed by atoms with Crippen molar-refractivity contribution in [3.05, 3.63) is 77.3 Å². The molecule has 2 heterocycles. The van der Waals surface area contributed by atoms with Crippen LogP contribution in [0.5, 0.6) is 11.5 Å². The summed E-state index contributed by atoms with van der Waals surface area (Å²) in [7, 11) is 1.60. The first kappa shape index (κ1) is 22.4. The molecule has 1 unspecified atom stereocenters. The summed E-state index contributed by atoms with van der Waals surface area (Å²) in [5, 5.41) is 7.51. The standard InChI is InChI=1S/C25H28N4O4/c1-4-5-13-32-24(30)22-17(2)28-25-26-16-27-29(25)23(22)19-11-12-20(21(14-19)31-3)33-15-18-9-7-6-8-10-18/h6-12,14,16,23H,4-5,13,15H2,1-3H3,(H,26,27,28). The molecule has 0 amide bonds. The minimum atomic E-state index is -0.505. The van der Waals surface area contributed by atoms with Crippen LogP contribution in [0, 0.1) is 0 Å². The summed E-state index contributed by atoms with van der Waals surface area (Å²) in [6.07, 6.45) is 3.22. The molecule has 0 spiro atoms. The van der Waals surface area contributed by atoms with Gasteiger partial charge in [-0.05, 0) is 36.6 Å². The fourth-order valence-corrected chi connectivity index (χ4v) is 3.76. The summed E-state index contributed by atoms with van der Waals surface area (Å²) in [6.45, 7) is 4.69. The second-order valence-electron chi connectivity index (χ2n) is 7.77. The number of carbonyl (C=O) groups excluding carboxylic acids is 1. The van der Waals surface area contributed by atoms with Crippen LogP contribution in [0.4, 0.5) is 5.95 Å². The van der Waals surface area contributed by atoms with Gasteiger partial charge in [0.15, 0.2) is 11.5 Å². The number of hydrogen-bond acceptors (Lipinski definition) is 7. The summed E-state index contributed by atoms with van der Waals surface area (Å²) < 4.78 is 18.8. The number of aromatic nitrogens is 3. The second-order valence-corrected chi connectivity index (χ2v) is 7.77. The lowest BCUT2D eigenvalue weighted by Gasteiger charge is -2.28. The number of nitrogens with zero attached hydrogens (tertiary/aromatic N) is 3. The Kier molecular flexibility index (Phi) is 6.92. The molecule has 2 aromatic carbocycles. The Labute approximate surface area is 193 Å². The fraction of sp³-hybridized carbons (Fsp3) is 0.320. The number of esters is 1. The molecular weight excluding hydrogens is 420 g/mol. The number of anilines is 1. The second kappa shape index (κ2) is 10.2. The highest BCUT2D eigenvalue weighted by Gasteiger charge is 2.34. The maximum Gasteiger partial charge on any atom is 0.338 e. The number of allylic oxidation sites excluding steroid dienone is 1. The van der Waals surface area contributed by atoms with E-state index >= 15 is 0 Å². The predicted molar refractivity (Wildman–Crippen MR) is 124 cm³/mol. The van der Waals surface area contributed by atoms with E-state index in [9.17, 15) is 4.79 Å². The number of ether oxygens (including phenoxy) is 3. The molecule has 8 nitrogen and oxygen atoms in total. The number of rotatable bonds is 9. The molecule has 0 fully saturated rings. The Balaban J connectivity index is 1.65. The van der Waals surface area contributed by atoms with Crippen LogP contribution in [0.1, 0.15) is 43.9 Å². The van der Waals surface area contributed by atoms with Crippen LogP contribution in [0.2, 0.25) is 0 Å². The third kappa shape index (κ3) is 4.84. The van der Waals surface area contributed by atoms with E-state index in [1.165, 1.54) is 6.33 Å². The van der Waals surface area contributed by atoms with Crippen molar-refractivity contribution in [3.8, 4) is 11.5 Å². The highest BCUT2D eigenvalue weighted by atomic mass is 16.5. The summed E-state index contributed by atoms with van der Waals surface area (Å²) >= 11 is 0. The van der Waals surface area contributed by atoms with Crippen LogP contribution >= 0.6 is 0 Å². The maximum absolute atomic E-state index is 13.0. The Morgan fingerprint density at radius 2 is 1.97 bits per heavy atom. The van der Waals surface area contributed by atoms with Gasteiger partial charge in [-0.1, -0.05) is 49.7 Å². The first-order valence-electron chi connectivity index (χ1n) is 11.0. The van der Waals surface area contributed by atoms with E-state index in [2.05, 4.69) is 22.3 Å². The summed E-state index contributed by atoms with van der Waals surface area (Å²) in [5.74, 6) is 1.37. The van der Waals surface area contributed by atoms with Crippen LogP contribution in [0.25, 0.3) is 0 Å². The number of benzene rings is 2. The highest BCUT2D eigenvalue weighted by molar-refractivity contribution is 5.92. The predicted octanol–water partition coefficient (Wildman–Crippen LogP) is 4.50. The van der Waals surface area contributed by atoms with Crippen LogP contribution < -0.4 is 14.8 Å². The molecule has 1 atom stereocenters. The number of unbranched alkanes of at least 4 members (excludes halogenated alkanes) is 1. The molecule has 172 valence electrons. The van der Waals surface area contributed by atoms with Crippen LogP contribution in [0.3, 0.4) is 0 Å². The monoisotopic (exact) mass is 448 g/mol. The van der Waals surface area contributed by atoms with E-state index in [4.69, 9.17) is 14.2 Å². The molecule has 1 aliphatic heterocycles. The van der Waals surface area contributed by atoms with Crippen LogP contribution in [-0.4, -0.2) is 34.5 Å². The average Bonchev–Trinajstić information content (AvgIpc) is 3.30. The molecule has 4 rings (SSSR count). The number of fused-ring (bicyclic) bond motifs is 1. The first-order chi connectivity index (χ1) is 16.1. The Morgan fingerprint density at radius 1 is 1.15 bits per heavy atom. The van der Waals surface area contributed by atoms with Crippen LogP contribution in [-0.2, 0) is 16.1 Å². The highest BCUT2D eigenvalue weighted by Crippen LogP contribution is 2.39. The van der Waals surface area contributed by atoms with Gasteiger partial charge in [0.1, 0.15) is 19.0 Å². The molecule has 1 aliphatic rings. The molecule has 1 N–H and O–H groups in total. The minimum Gasteiger partial charge on any atom is -0.493 e. The number of methoxy groups -OCH3 is 1. The van der Waals surface area contributed by atoms with Gasteiger partial charge in [0, 0.05) is 5.70 Å². The Morgan fingerprint density at radius 3 is 2.73 bits per heavy atom. The van der Waals surface area contributed by atoms with Crippen molar-refractivity contribution in [3.63, 3.8) is 0 Å². The molecule has 0 aliphatic carbocycles. The average molecular weight is 449 g/mol. The lowest BCUT2D eigenvalue weighted by atomic mass is 9.95. The Bertz CT molecular complexity index is 1140. The molecule has 0 radical (unpaired) electrons. The molecular formula is C25H28N4O4. The molecule has 8 heteroatoms. The summed E-state index contributed by atoms with van der Waals surface area (Å²) in [6, 6.07) is 15.1. The van der Waals surface area contributed by atoms with E-state index in [-0.39, 0.29) is 5.97 Å². The number of carbonyl (C=O) groups is 1. The Hall–Kier alpha value is -3.81. The number of nitrogens with one attached hydrogen (secondary N) is 1. The van der Waals surface area contributed by atoms with Gasteiger partial charge in [0.2, 0.25) is 5.95 Å². The van der Waals surface area contributed by atoms with E-state index < -0.39 is 6.04 Å². The van der Waals surface area contributed by atoms with Crippen molar-refractivity contribution in [1.29, 1.82) is 0 Å². The van der Waals surface area contributed by atoms with Gasteiger partial charge in [-0.2, -0.15) is 10.1 Å². The lowest BCUT2D eigenvalue weighted by molar-refractivity contribution is -0.139. The maximum atomic E-state index is 13.0. The normalized spacial score (nSPS) is 14.9. The summed E-state index contributed by atoms with van der Waals surface area (Å²) in [5.41, 5.74) is 3.05. The van der Waals surface area contributed by atoms with Gasteiger partial charge in [-0.3, -0.25) is 0 Å². The third-order valence-corrected chi connectivity index (χ3v) is 5.49. The van der Waals surface area contributed by atoms with Crippen molar-refractivity contribution in [2.45, 2.75) is 39.3 Å². The van der Waals surface area contributed by atoms with E-state index in [0.717, 1.165) is 24.0 Å². The molecule has 0 saturated carbocycles. The summed E-state index contributed by atoms with van der Waals surface area (Å²) in [4.78, 5) is 17.3. The van der Waals surface area contributed by atoms with Crippen molar-refractivity contribution in [2.24, 2.45) is 0 Å². The largest absolute Gasteiger partial charge is 0.493 e. The zero-order chi connectivity index (χ0) is 23.2. The van der Waals surface area contributed by atoms with Crippen molar-refractivity contribution in [2.75, 3.05) is 19.0 Å².